The Hall–Kier alpha value is -0.350. The molecule has 72 valence electrons. The maximum Gasteiger partial charge on any atom is 0.235 e. The van der Waals surface area contributed by atoms with Crippen LogP contribution in [0.5, 0.6) is 0 Å². The van der Waals surface area contributed by atoms with Crippen LogP contribution < -0.4 is 0 Å². The lowest BCUT2D eigenvalue weighted by Gasteiger charge is -2.23. The number of sulfonamides is 1. The summed E-state index contributed by atoms with van der Waals surface area (Å²) in [7, 11) is -3.22. The van der Waals surface area contributed by atoms with Gasteiger partial charge in [-0.25, -0.2) is 8.42 Å². The summed E-state index contributed by atoms with van der Waals surface area (Å²) in [5, 5.41) is 1.00. The molecular formula is C8H17NO2S. The van der Waals surface area contributed by atoms with Gasteiger partial charge in [0.1, 0.15) is 0 Å². The molecule has 3 nitrogen and oxygen atoms in total. The van der Waals surface area contributed by atoms with Gasteiger partial charge in [0.25, 0.3) is 0 Å². The molecule has 0 rings (SSSR count). The van der Waals surface area contributed by atoms with Gasteiger partial charge in [-0.05, 0) is 20.3 Å². The molecule has 0 aromatic rings. The second kappa shape index (κ2) is 4.62. The Balaban J connectivity index is 4.62. The molecule has 0 radical (unpaired) electrons. The Morgan fingerprint density at radius 2 is 2.00 bits per heavy atom. The third kappa shape index (κ3) is 2.95. The van der Waals surface area contributed by atoms with Crippen LogP contribution in [-0.4, -0.2) is 25.3 Å². The van der Waals surface area contributed by atoms with E-state index in [1.807, 2.05) is 20.8 Å². The average molecular weight is 191 g/mol. The summed E-state index contributed by atoms with van der Waals surface area (Å²) in [6.07, 6.45) is 0.825. The molecule has 0 bridgehead atoms. The number of rotatable bonds is 5. The Morgan fingerprint density at radius 3 is 2.25 bits per heavy atom. The van der Waals surface area contributed by atoms with Crippen LogP contribution in [0.3, 0.4) is 0 Å². The standard InChI is InChI=1S/C8H17NO2S/c1-5-7-9(8(3)4)12(10,11)6-2/h6,8H,2,5,7H2,1,3-4H3. The summed E-state index contributed by atoms with van der Waals surface area (Å²) in [4.78, 5) is 0. The highest BCUT2D eigenvalue weighted by Gasteiger charge is 2.19. The van der Waals surface area contributed by atoms with Crippen molar-refractivity contribution in [1.29, 1.82) is 0 Å². The highest BCUT2D eigenvalue weighted by molar-refractivity contribution is 7.92. The first-order valence-corrected chi connectivity index (χ1v) is 5.60. The van der Waals surface area contributed by atoms with Crippen molar-refractivity contribution in [3.63, 3.8) is 0 Å². The Morgan fingerprint density at radius 1 is 1.50 bits per heavy atom. The minimum Gasteiger partial charge on any atom is -0.208 e. The molecule has 0 aliphatic heterocycles. The van der Waals surface area contributed by atoms with Crippen molar-refractivity contribution >= 4 is 10.0 Å². The third-order valence-corrected chi connectivity index (χ3v) is 3.24. The van der Waals surface area contributed by atoms with E-state index in [1.54, 1.807) is 0 Å². The van der Waals surface area contributed by atoms with E-state index in [-0.39, 0.29) is 6.04 Å². The molecule has 0 unspecified atom stereocenters. The van der Waals surface area contributed by atoms with Gasteiger partial charge in [-0.15, -0.1) is 0 Å². The third-order valence-electron chi connectivity index (χ3n) is 1.56. The summed E-state index contributed by atoms with van der Waals surface area (Å²) < 4.78 is 24.1. The maximum atomic E-state index is 11.3. The maximum absolute atomic E-state index is 11.3. The van der Waals surface area contributed by atoms with E-state index >= 15 is 0 Å². The van der Waals surface area contributed by atoms with Crippen molar-refractivity contribution in [1.82, 2.24) is 4.31 Å². The van der Waals surface area contributed by atoms with E-state index < -0.39 is 10.0 Å². The first-order chi connectivity index (χ1) is 5.45. The molecule has 0 aromatic heterocycles. The lowest BCUT2D eigenvalue weighted by molar-refractivity contribution is 0.359. The van der Waals surface area contributed by atoms with Crippen LogP contribution >= 0.6 is 0 Å². The van der Waals surface area contributed by atoms with Crippen molar-refractivity contribution in [3.05, 3.63) is 12.0 Å². The van der Waals surface area contributed by atoms with Gasteiger partial charge in [0, 0.05) is 18.0 Å². The van der Waals surface area contributed by atoms with Crippen LogP contribution in [-0.2, 0) is 10.0 Å². The van der Waals surface area contributed by atoms with Gasteiger partial charge in [-0.3, -0.25) is 0 Å². The highest BCUT2D eigenvalue weighted by Crippen LogP contribution is 2.08. The minimum atomic E-state index is -3.22. The lowest BCUT2D eigenvalue weighted by atomic mass is 10.4. The van der Waals surface area contributed by atoms with Crippen molar-refractivity contribution in [2.75, 3.05) is 6.54 Å². The monoisotopic (exact) mass is 191 g/mol. The van der Waals surface area contributed by atoms with Crippen LogP contribution in [0.1, 0.15) is 27.2 Å². The normalized spacial score (nSPS) is 12.4. The second-order valence-electron chi connectivity index (χ2n) is 2.92. The van der Waals surface area contributed by atoms with Gasteiger partial charge in [0.15, 0.2) is 0 Å². The number of nitrogens with zero attached hydrogens (tertiary/aromatic N) is 1. The van der Waals surface area contributed by atoms with Crippen molar-refractivity contribution in [2.45, 2.75) is 33.2 Å². The SMILES string of the molecule is C=CS(=O)(=O)N(CCC)C(C)C. The van der Waals surface area contributed by atoms with Gasteiger partial charge < -0.3 is 0 Å². The second-order valence-corrected chi connectivity index (χ2v) is 4.75. The minimum absolute atomic E-state index is 0.00736. The first kappa shape index (κ1) is 11.6. The van der Waals surface area contributed by atoms with Crippen LogP contribution in [0.4, 0.5) is 0 Å². The molecule has 0 spiro atoms. The smallest absolute Gasteiger partial charge is 0.208 e. The van der Waals surface area contributed by atoms with Crippen molar-refractivity contribution in [3.8, 4) is 0 Å². The van der Waals surface area contributed by atoms with Crippen LogP contribution in [0.15, 0.2) is 12.0 Å². The van der Waals surface area contributed by atoms with Crippen LogP contribution in [0.25, 0.3) is 0 Å². The van der Waals surface area contributed by atoms with Crippen LogP contribution in [0.2, 0.25) is 0 Å². The number of hydrogen-bond donors (Lipinski definition) is 0. The van der Waals surface area contributed by atoms with Gasteiger partial charge in [-0.2, -0.15) is 4.31 Å². The zero-order valence-corrected chi connectivity index (χ0v) is 8.76. The Labute approximate surface area is 75.1 Å². The molecule has 0 aliphatic rings. The fourth-order valence-electron chi connectivity index (χ4n) is 0.995. The molecule has 12 heavy (non-hydrogen) atoms. The Bertz CT molecular complexity index is 231. The molecule has 0 N–H and O–H groups in total. The van der Waals surface area contributed by atoms with E-state index in [2.05, 4.69) is 6.58 Å². The molecule has 0 aromatic carbocycles. The Kier molecular flexibility index (Phi) is 4.49. The fraction of sp³-hybridized carbons (Fsp3) is 0.750. The van der Waals surface area contributed by atoms with Gasteiger partial charge >= 0.3 is 0 Å². The summed E-state index contributed by atoms with van der Waals surface area (Å²) in [6, 6.07) is 0.00736. The van der Waals surface area contributed by atoms with Crippen LogP contribution in [0, 0.1) is 0 Å². The van der Waals surface area contributed by atoms with Gasteiger partial charge in [0.05, 0.1) is 0 Å². The highest BCUT2D eigenvalue weighted by atomic mass is 32.2. The topological polar surface area (TPSA) is 37.4 Å². The molecule has 0 fully saturated rings. The van der Waals surface area contributed by atoms with Gasteiger partial charge in [0.2, 0.25) is 10.0 Å². The molecule has 4 heteroatoms. The zero-order valence-electron chi connectivity index (χ0n) is 7.95. The van der Waals surface area contributed by atoms with Crippen molar-refractivity contribution in [2.24, 2.45) is 0 Å². The summed E-state index contributed by atoms with van der Waals surface area (Å²) in [5.74, 6) is 0. The molecule has 0 atom stereocenters. The van der Waals surface area contributed by atoms with E-state index in [0.29, 0.717) is 6.54 Å². The molecule has 0 saturated carbocycles. The largest absolute Gasteiger partial charge is 0.235 e. The predicted octanol–water partition coefficient (Wildman–Crippen LogP) is 1.58. The van der Waals surface area contributed by atoms with E-state index in [1.165, 1.54) is 4.31 Å². The average Bonchev–Trinajstić information content (AvgIpc) is 1.99. The lowest BCUT2D eigenvalue weighted by Crippen LogP contribution is -2.35. The summed E-state index contributed by atoms with van der Waals surface area (Å²) in [6.45, 7) is 9.52. The van der Waals surface area contributed by atoms with Crippen molar-refractivity contribution < 1.29 is 8.42 Å². The molecule has 0 heterocycles. The quantitative estimate of drug-likeness (QED) is 0.661. The molecule has 0 saturated heterocycles. The van der Waals surface area contributed by atoms with E-state index in [4.69, 9.17) is 0 Å². The summed E-state index contributed by atoms with van der Waals surface area (Å²) >= 11 is 0. The number of hydrogen-bond acceptors (Lipinski definition) is 2. The zero-order chi connectivity index (χ0) is 9.78. The van der Waals surface area contributed by atoms with E-state index in [9.17, 15) is 8.42 Å². The van der Waals surface area contributed by atoms with Gasteiger partial charge in [-0.1, -0.05) is 13.5 Å². The summed E-state index contributed by atoms with van der Waals surface area (Å²) in [5.41, 5.74) is 0. The molecular weight excluding hydrogens is 174 g/mol. The predicted molar refractivity (Wildman–Crippen MR) is 51.2 cm³/mol. The molecule has 0 aliphatic carbocycles. The fourth-order valence-corrected chi connectivity index (χ4v) is 2.21. The first-order valence-electron chi connectivity index (χ1n) is 4.10. The molecule has 0 amide bonds. The van der Waals surface area contributed by atoms with E-state index in [0.717, 1.165) is 11.8 Å².